The van der Waals surface area contributed by atoms with Crippen molar-refractivity contribution in [2.24, 2.45) is 0 Å². The molecule has 0 radical (unpaired) electrons. The van der Waals surface area contributed by atoms with E-state index in [4.69, 9.17) is 16.3 Å². The Morgan fingerprint density at radius 2 is 1.94 bits per heavy atom. The summed E-state index contributed by atoms with van der Waals surface area (Å²) >= 11 is 5.39. The summed E-state index contributed by atoms with van der Waals surface area (Å²) in [5.74, 6) is 0.522. The zero-order chi connectivity index (χ0) is 12.3. The van der Waals surface area contributed by atoms with Gasteiger partial charge in [-0.15, -0.1) is 11.6 Å². The molecule has 0 unspecified atom stereocenters. The van der Waals surface area contributed by atoms with Gasteiger partial charge in [-0.05, 0) is 26.3 Å². The summed E-state index contributed by atoms with van der Waals surface area (Å²) < 4.78 is 27.7. The van der Waals surface area contributed by atoms with Crippen LogP contribution in [0.1, 0.15) is 19.8 Å². The predicted molar refractivity (Wildman–Crippen MR) is 68.0 cm³/mol. The molecule has 0 bridgehead atoms. The smallest absolute Gasteiger partial charge is 0.151 e. The third kappa shape index (κ3) is 10.7. The van der Waals surface area contributed by atoms with Crippen molar-refractivity contribution in [2.45, 2.75) is 19.8 Å². The molecule has 98 valence electrons. The molecule has 0 aliphatic heterocycles. The van der Waals surface area contributed by atoms with Crippen LogP contribution in [0, 0.1) is 0 Å². The van der Waals surface area contributed by atoms with Crippen LogP contribution < -0.4 is 5.32 Å². The molecule has 0 rings (SSSR count). The van der Waals surface area contributed by atoms with Gasteiger partial charge in [0.15, 0.2) is 9.84 Å². The Hall–Kier alpha value is 0.160. The van der Waals surface area contributed by atoms with Gasteiger partial charge in [-0.2, -0.15) is 0 Å². The van der Waals surface area contributed by atoms with Gasteiger partial charge < -0.3 is 10.1 Å². The summed E-state index contributed by atoms with van der Waals surface area (Å²) in [7, 11) is -2.92. The fourth-order valence-corrected chi connectivity index (χ4v) is 2.99. The van der Waals surface area contributed by atoms with E-state index in [1.54, 1.807) is 0 Å². The number of rotatable bonds is 11. The third-order valence-corrected chi connectivity index (χ3v) is 4.22. The van der Waals surface area contributed by atoms with Crippen LogP contribution in [0.5, 0.6) is 0 Å². The first kappa shape index (κ1) is 16.2. The standard InChI is InChI=1S/C10H22ClNO3S/c1-2-15-8-7-12-6-3-4-9-16(13,14)10-5-11/h12H,2-10H2,1H3. The normalized spacial score (nSPS) is 11.9. The Kier molecular flexibility index (Phi) is 10.4. The minimum atomic E-state index is -2.92. The van der Waals surface area contributed by atoms with Gasteiger partial charge in [0.25, 0.3) is 0 Å². The molecule has 16 heavy (non-hydrogen) atoms. The molecule has 0 aromatic heterocycles. The van der Waals surface area contributed by atoms with Crippen molar-refractivity contribution in [1.29, 1.82) is 0 Å². The zero-order valence-electron chi connectivity index (χ0n) is 9.87. The Morgan fingerprint density at radius 1 is 1.19 bits per heavy atom. The average Bonchev–Trinajstić information content (AvgIpc) is 2.22. The lowest BCUT2D eigenvalue weighted by atomic mass is 10.3. The molecule has 0 saturated carbocycles. The summed E-state index contributed by atoms with van der Waals surface area (Å²) in [4.78, 5) is 0. The summed E-state index contributed by atoms with van der Waals surface area (Å²) in [5.41, 5.74) is 0. The van der Waals surface area contributed by atoms with Crippen molar-refractivity contribution in [3.05, 3.63) is 0 Å². The summed E-state index contributed by atoms with van der Waals surface area (Å²) in [6.07, 6.45) is 1.56. The Morgan fingerprint density at radius 3 is 2.56 bits per heavy atom. The maximum atomic E-state index is 11.3. The summed E-state index contributed by atoms with van der Waals surface area (Å²) in [6, 6.07) is 0. The molecule has 0 aliphatic carbocycles. The summed E-state index contributed by atoms with van der Waals surface area (Å²) in [5, 5.41) is 3.19. The highest BCUT2D eigenvalue weighted by atomic mass is 35.5. The predicted octanol–water partition coefficient (Wildman–Crippen LogP) is 1.05. The average molecular weight is 272 g/mol. The van der Waals surface area contributed by atoms with Crippen molar-refractivity contribution in [3.63, 3.8) is 0 Å². The minimum absolute atomic E-state index is 0.0896. The van der Waals surface area contributed by atoms with Gasteiger partial charge in [0.2, 0.25) is 0 Å². The first-order chi connectivity index (χ1) is 7.62. The van der Waals surface area contributed by atoms with Crippen LogP contribution >= 0.6 is 11.6 Å². The number of alkyl halides is 1. The van der Waals surface area contributed by atoms with E-state index >= 15 is 0 Å². The molecule has 0 heterocycles. The highest BCUT2D eigenvalue weighted by molar-refractivity contribution is 7.91. The number of nitrogens with one attached hydrogen (secondary N) is 1. The third-order valence-electron chi connectivity index (χ3n) is 2.07. The lowest BCUT2D eigenvalue weighted by molar-refractivity contribution is 0.149. The first-order valence-electron chi connectivity index (χ1n) is 5.67. The molecule has 0 amide bonds. The maximum absolute atomic E-state index is 11.3. The topological polar surface area (TPSA) is 55.4 Å². The molecule has 6 heteroatoms. The number of sulfone groups is 1. The van der Waals surface area contributed by atoms with Gasteiger partial charge >= 0.3 is 0 Å². The Bertz CT molecular complexity index is 244. The molecule has 0 fully saturated rings. The second-order valence-electron chi connectivity index (χ2n) is 3.49. The van der Waals surface area contributed by atoms with E-state index in [0.29, 0.717) is 13.0 Å². The van der Waals surface area contributed by atoms with Gasteiger partial charge in [0.1, 0.15) is 0 Å². The zero-order valence-corrected chi connectivity index (χ0v) is 11.4. The highest BCUT2D eigenvalue weighted by Gasteiger charge is 2.08. The molecule has 1 N–H and O–H groups in total. The van der Waals surface area contributed by atoms with E-state index in [1.807, 2.05) is 6.92 Å². The van der Waals surface area contributed by atoms with Crippen LogP contribution in [0.25, 0.3) is 0 Å². The fourth-order valence-electron chi connectivity index (χ4n) is 1.21. The molecule has 0 aliphatic rings. The monoisotopic (exact) mass is 271 g/mol. The minimum Gasteiger partial charge on any atom is -0.380 e. The van der Waals surface area contributed by atoms with Crippen molar-refractivity contribution in [1.82, 2.24) is 5.32 Å². The largest absolute Gasteiger partial charge is 0.380 e. The lowest BCUT2D eigenvalue weighted by Crippen LogP contribution is -2.21. The van der Waals surface area contributed by atoms with Crippen LogP contribution in [0.2, 0.25) is 0 Å². The van der Waals surface area contributed by atoms with E-state index in [2.05, 4.69) is 5.32 Å². The van der Waals surface area contributed by atoms with E-state index in [-0.39, 0.29) is 17.4 Å². The van der Waals surface area contributed by atoms with Gasteiger partial charge in [-0.25, -0.2) is 8.42 Å². The maximum Gasteiger partial charge on any atom is 0.151 e. The van der Waals surface area contributed by atoms with Crippen molar-refractivity contribution >= 4 is 21.4 Å². The second-order valence-corrected chi connectivity index (χ2v) is 6.18. The number of halogens is 1. The number of ether oxygens (including phenoxy) is 1. The number of hydrogen-bond acceptors (Lipinski definition) is 4. The lowest BCUT2D eigenvalue weighted by Gasteiger charge is -2.05. The molecular weight excluding hydrogens is 250 g/mol. The van der Waals surface area contributed by atoms with Gasteiger partial charge in [-0.1, -0.05) is 0 Å². The first-order valence-corrected chi connectivity index (χ1v) is 8.03. The molecule has 0 aromatic carbocycles. The van der Waals surface area contributed by atoms with Crippen LogP contribution in [0.15, 0.2) is 0 Å². The van der Waals surface area contributed by atoms with Crippen LogP contribution in [0.4, 0.5) is 0 Å². The van der Waals surface area contributed by atoms with E-state index in [0.717, 1.165) is 26.1 Å². The quantitative estimate of drug-likeness (QED) is 0.451. The van der Waals surface area contributed by atoms with Gasteiger partial charge in [0, 0.05) is 19.0 Å². The van der Waals surface area contributed by atoms with Crippen LogP contribution in [-0.2, 0) is 14.6 Å². The van der Waals surface area contributed by atoms with Crippen LogP contribution in [-0.4, -0.2) is 52.1 Å². The Labute approximate surface area is 104 Å². The molecule has 4 nitrogen and oxygen atoms in total. The number of hydrogen-bond donors (Lipinski definition) is 1. The van der Waals surface area contributed by atoms with Crippen molar-refractivity contribution < 1.29 is 13.2 Å². The van der Waals surface area contributed by atoms with Crippen molar-refractivity contribution in [2.75, 3.05) is 43.7 Å². The summed E-state index contributed by atoms with van der Waals surface area (Å²) in [6.45, 7) is 5.06. The van der Waals surface area contributed by atoms with E-state index in [9.17, 15) is 8.42 Å². The second kappa shape index (κ2) is 10.3. The fraction of sp³-hybridized carbons (Fsp3) is 1.00. The van der Waals surface area contributed by atoms with Crippen LogP contribution in [0.3, 0.4) is 0 Å². The van der Waals surface area contributed by atoms with Gasteiger partial charge in [-0.3, -0.25) is 0 Å². The molecule has 0 aromatic rings. The molecule has 0 saturated heterocycles. The SMILES string of the molecule is CCOCCNCCCCS(=O)(=O)CCCl. The van der Waals surface area contributed by atoms with Crippen molar-refractivity contribution in [3.8, 4) is 0 Å². The highest BCUT2D eigenvalue weighted by Crippen LogP contribution is 1.98. The molecule has 0 atom stereocenters. The number of unbranched alkanes of at least 4 members (excludes halogenated alkanes) is 1. The van der Waals surface area contributed by atoms with Gasteiger partial charge in [0.05, 0.1) is 18.1 Å². The van der Waals surface area contributed by atoms with E-state index < -0.39 is 9.84 Å². The Balaban J connectivity index is 3.27. The molecular formula is C10H22ClNO3S. The molecule has 0 spiro atoms. The van der Waals surface area contributed by atoms with E-state index in [1.165, 1.54) is 0 Å².